The molecule has 0 radical (unpaired) electrons. The van der Waals surface area contributed by atoms with E-state index in [1.807, 2.05) is 5.32 Å². The van der Waals surface area contributed by atoms with Gasteiger partial charge in [-0.2, -0.15) is 0 Å². The second-order valence-corrected chi connectivity index (χ2v) is 3.61. The number of ether oxygens (including phenoxy) is 1. The van der Waals surface area contributed by atoms with E-state index in [1.165, 1.54) is 7.11 Å². The molecule has 1 fully saturated rings. The van der Waals surface area contributed by atoms with Crippen molar-refractivity contribution >= 4 is 17.8 Å². The van der Waals surface area contributed by atoms with Gasteiger partial charge in [0.25, 0.3) is 0 Å². The van der Waals surface area contributed by atoms with E-state index < -0.39 is 23.4 Å². The number of imide groups is 2. The van der Waals surface area contributed by atoms with E-state index in [9.17, 15) is 14.4 Å². The molecule has 1 saturated heterocycles. The van der Waals surface area contributed by atoms with E-state index >= 15 is 0 Å². The number of amides is 4. The number of urea groups is 1. The summed E-state index contributed by atoms with van der Waals surface area (Å²) in [6, 6.07) is -0.690. The Balaban J connectivity index is 2.75. The predicted octanol–water partition coefficient (Wildman–Crippen LogP) is -0.510. The first-order valence-electron chi connectivity index (χ1n) is 4.09. The molecule has 1 heterocycles. The van der Waals surface area contributed by atoms with Gasteiger partial charge in [-0.05, 0) is 13.8 Å². The molecule has 0 unspecified atom stereocenters. The smallest absolute Gasteiger partial charge is 0.331 e. The molecule has 14 heavy (non-hydrogen) atoms. The first kappa shape index (κ1) is 10.6. The summed E-state index contributed by atoms with van der Waals surface area (Å²) in [5.74, 6) is -1.72. The van der Waals surface area contributed by atoms with Crippen LogP contribution in [0.4, 0.5) is 4.79 Å². The van der Waals surface area contributed by atoms with Crippen LogP contribution in [-0.2, 0) is 14.3 Å². The van der Waals surface area contributed by atoms with Crippen molar-refractivity contribution in [2.24, 2.45) is 0 Å². The Hall–Kier alpha value is -1.43. The summed E-state index contributed by atoms with van der Waals surface area (Å²) < 4.78 is 5.05. The van der Waals surface area contributed by atoms with Gasteiger partial charge in [-0.1, -0.05) is 0 Å². The van der Waals surface area contributed by atoms with Gasteiger partial charge in [0.2, 0.25) is 0 Å². The zero-order valence-corrected chi connectivity index (χ0v) is 8.29. The first-order valence-corrected chi connectivity index (χ1v) is 4.09. The third-order valence-electron chi connectivity index (χ3n) is 2.00. The Morgan fingerprint density at radius 2 is 1.93 bits per heavy atom. The van der Waals surface area contributed by atoms with Gasteiger partial charge < -0.3 is 4.74 Å². The van der Waals surface area contributed by atoms with Crippen LogP contribution in [0.5, 0.6) is 0 Å². The van der Waals surface area contributed by atoms with Crippen molar-refractivity contribution in [3.8, 4) is 0 Å². The molecule has 0 aliphatic carbocycles. The van der Waals surface area contributed by atoms with Crippen molar-refractivity contribution in [2.75, 3.05) is 13.7 Å². The van der Waals surface area contributed by atoms with Crippen LogP contribution in [0.3, 0.4) is 0 Å². The van der Waals surface area contributed by atoms with Crippen LogP contribution in [0.1, 0.15) is 13.8 Å². The molecule has 78 valence electrons. The average molecular weight is 200 g/mol. The van der Waals surface area contributed by atoms with Gasteiger partial charge in [0.1, 0.15) is 0 Å². The molecule has 1 aliphatic heterocycles. The number of carbonyl (C=O) groups excluding carboxylic acids is 3. The molecule has 0 bridgehead atoms. The summed E-state index contributed by atoms with van der Waals surface area (Å²) >= 11 is 0. The highest BCUT2D eigenvalue weighted by Crippen LogP contribution is 2.12. The maximum Gasteiger partial charge on any atom is 0.331 e. The molecule has 1 N–H and O–H groups in total. The minimum absolute atomic E-state index is 0.0555. The lowest BCUT2D eigenvalue weighted by atomic mass is 10.1. The topological polar surface area (TPSA) is 75.7 Å². The molecule has 1 rings (SSSR count). The summed E-state index contributed by atoms with van der Waals surface area (Å²) in [4.78, 5) is 33.9. The minimum atomic E-state index is -0.887. The Morgan fingerprint density at radius 1 is 1.36 bits per heavy atom. The van der Waals surface area contributed by atoms with Crippen molar-refractivity contribution < 1.29 is 19.1 Å². The number of hydrogen-bond acceptors (Lipinski definition) is 4. The lowest BCUT2D eigenvalue weighted by Gasteiger charge is -2.26. The van der Waals surface area contributed by atoms with Crippen molar-refractivity contribution in [2.45, 2.75) is 19.4 Å². The highest BCUT2D eigenvalue weighted by atomic mass is 16.5. The van der Waals surface area contributed by atoms with Crippen LogP contribution < -0.4 is 5.32 Å². The van der Waals surface area contributed by atoms with E-state index in [1.54, 1.807) is 13.8 Å². The summed E-state index contributed by atoms with van der Waals surface area (Å²) in [6.45, 7) is 3.49. The molecule has 6 nitrogen and oxygen atoms in total. The van der Waals surface area contributed by atoms with Crippen LogP contribution in [0.25, 0.3) is 0 Å². The SMILES string of the molecule is COC(C)(C)CN1C(=O)NC(=O)C1=O. The molecular weight excluding hydrogens is 188 g/mol. The molecule has 0 aromatic rings. The fraction of sp³-hybridized carbons (Fsp3) is 0.625. The molecule has 0 atom stereocenters. The maximum atomic E-state index is 11.1. The summed E-state index contributed by atoms with van der Waals surface area (Å²) in [6.07, 6.45) is 0. The molecule has 0 aromatic carbocycles. The first-order chi connectivity index (χ1) is 6.37. The number of rotatable bonds is 3. The van der Waals surface area contributed by atoms with E-state index in [-0.39, 0.29) is 6.54 Å². The fourth-order valence-electron chi connectivity index (χ4n) is 1.02. The van der Waals surface area contributed by atoms with Crippen LogP contribution >= 0.6 is 0 Å². The second-order valence-electron chi connectivity index (χ2n) is 3.61. The van der Waals surface area contributed by atoms with Crippen LogP contribution in [0.15, 0.2) is 0 Å². The standard InChI is InChI=1S/C8H12N2O4/c1-8(2,14-3)4-10-6(12)5(11)9-7(10)13/h4H2,1-3H3,(H,9,11,13). The second kappa shape index (κ2) is 3.38. The fourth-order valence-corrected chi connectivity index (χ4v) is 1.02. The van der Waals surface area contributed by atoms with E-state index in [2.05, 4.69) is 0 Å². The zero-order valence-electron chi connectivity index (χ0n) is 8.29. The quantitative estimate of drug-likeness (QED) is 0.491. The van der Waals surface area contributed by atoms with E-state index in [0.717, 1.165) is 4.90 Å². The van der Waals surface area contributed by atoms with Crippen molar-refractivity contribution in [3.05, 3.63) is 0 Å². The van der Waals surface area contributed by atoms with Gasteiger partial charge in [0.05, 0.1) is 12.1 Å². The Morgan fingerprint density at radius 3 is 2.29 bits per heavy atom. The van der Waals surface area contributed by atoms with Crippen LogP contribution in [0, 0.1) is 0 Å². The van der Waals surface area contributed by atoms with Gasteiger partial charge in [-0.15, -0.1) is 0 Å². The number of nitrogens with zero attached hydrogens (tertiary/aromatic N) is 1. The molecule has 1 aliphatic rings. The number of nitrogens with one attached hydrogen (secondary N) is 1. The number of methoxy groups -OCH3 is 1. The summed E-state index contributed by atoms with van der Waals surface area (Å²) in [7, 11) is 1.47. The Kier molecular flexibility index (Phi) is 2.57. The highest BCUT2D eigenvalue weighted by Gasteiger charge is 2.39. The molecule has 4 amide bonds. The predicted molar refractivity (Wildman–Crippen MR) is 46.3 cm³/mol. The maximum absolute atomic E-state index is 11.1. The van der Waals surface area contributed by atoms with Crippen LogP contribution in [-0.4, -0.2) is 42.0 Å². The monoisotopic (exact) mass is 200 g/mol. The van der Waals surface area contributed by atoms with Gasteiger partial charge in [0.15, 0.2) is 0 Å². The van der Waals surface area contributed by atoms with E-state index in [4.69, 9.17) is 4.74 Å². The summed E-state index contributed by atoms with van der Waals surface area (Å²) in [5, 5.41) is 1.91. The summed E-state index contributed by atoms with van der Waals surface area (Å²) in [5.41, 5.74) is -0.655. The molecule has 0 spiro atoms. The minimum Gasteiger partial charge on any atom is -0.377 e. The highest BCUT2D eigenvalue weighted by molar-refractivity contribution is 6.44. The molecule has 0 aromatic heterocycles. The van der Waals surface area contributed by atoms with Crippen molar-refractivity contribution in [1.29, 1.82) is 0 Å². The zero-order chi connectivity index (χ0) is 10.9. The van der Waals surface area contributed by atoms with Gasteiger partial charge in [-0.25, -0.2) is 4.79 Å². The normalized spacial score (nSPS) is 17.6. The average Bonchev–Trinajstić information content (AvgIpc) is 2.32. The Labute approximate surface area is 81.2 Å². The van der Waals surface area contributed by atoms with E-state index in [0.29, 0.717) is 0 Å². The van der Waals surface area contributed by atoms with Crippen LogP contribution in [0.2, 0.25) is 0 Å². The lowest BCUT2D eigenvalue weighted by Crippen LogP contribution is -2.43. The third-order valence-corrected chi connectivity index (χ3v) is 2.00. The number of carbonyl (C=O) groups is 3. The molecule has 6 heteroatoms. The Bertz CT molecular complexity index is 298. The number of hydrogen-bond donors (Lipinski definition) is 1. The van der Waals surface area contributed by atoms with Crippen molar-refractivity contribution in [3.63, 3.8) is 0 Å². The van der Waals surface area contributed by atoms with Gasteiger partial charge in [0, 0.05) is 7.11 Å². The molecular formula is C8H12N2O4. The van der Waals surface area contributed by atoms with Gasteiger partial charge in [-0.3, -0.25) is 19.8 Å². The van der Waals surface area contributed by atoms with Crippen molar-refractivity contribution in [1.82, 2.24) is 10.2 Å². The third kappa shape index (κ3) is 1.90. The molecule has 0 saturated carbocycles. The largest absolute Gasteiger partial charge is 0.377 e. The van der Waals surface area contributed by atoms with Gasteiger partial charge >= 0.3 is 17.8 Å². The lowest BCUT2D eigenvalue weighted by molar-refractivity contribution is -0.141.